The topological polar surface area (TPSA) is 65.2 Å². The molecule has 4 nitrogen and oxygen atoms in total. The van der Waals surface area contributed by atoms with Gasteiger partial charge in [0.05, 0.1) is 12.3 Å². The fourth-order valence-electron chi connectivity index (χ4n) is 1.52. The number of carbonyl (C=O) groups is 1. The lowest BCUT2D eigenvalue weighted by molar-refractivity contribution is -0.121. The second-order valence-corrected chi connectivity index (χ2v) is 4.70. The van der Waals surface area contributed by atoms with Gasteiger partial charge in [0.15, 0.2) is 5.92 Å². The summed E-state index contributed by atoms with van der Waals surface area (Å²) in [5.74, 6) is -1.27. The summed E-state index contributed by atoms with van der Waals surface area (Å²) < 4.78 is 0. The number of hydrogen-bond acceptors (Lipinski definition) is 4. The van der Waals surface area contributed by atoms with Crippen LogP contribution in [-0.2, 0) is 4.79 Å². The van der Waals surface area contributed by atoms with Crippen LogP contribution in [0.3, 0.4) is 0 Å². The molecular formula is C14H11N3OS. The fraction of sp³-hybridized carbons (Fsp3) is 0.0714. The number of nitrogens with one attached hydrogen (secondary N) is 1. The van der Waals surface area contributed by atoms with E-state index >= 15 is 0 Å². The minimum Gasteiger partial charge on any atom is -0.271 e. The number of nitriles is 1. The summed E-state index contributed by atoms with van der Waals surface area (Å²) in [5, 5.41) is 14.8. The summed E-state index contributed by atoms with van der Waals surface area (Å²) in [4.78, 5) is 12.8. The third kappa shape index (κ3) is 3.50. The van der Waals surface area contributed by atoms with Crippen molar-refractivity contribution < 1.29 is 4.79 Å². The van der Waals surface area contributed by atoms with Gasteiger partial charge in [0.2, 0.25) is 0 Å². The number of hydrazone groups is 1. The van der Waals surface area contributed by atoms with E-state index in [9.17, 15) is 4.79 Å². The Hall–Kier alpha value is -2.45. The zero-order valence-electron chi connectivity index (χ0n) is 9.98. The molecule has 1 aromatic carbocycles. The van der Waals surface area contributed by atoms with Gasteiger partial charge in [-0.1, -0.05) is 36.4 Å². The van der Waals surface area contributed by atoms with Crippen molar-refractivity contribution in [1.29, 1.82) is 5.26 Å². The molecule has 0 bridgehead atoms. The predicted octanol–water partition coefficient (Wildman–Crippen LogP) is 2.51. The first kappa shape index (κ1) is 13.0. The van der Waals surface area contributed by atoms with Gasteiger partial charge in [0.25, 0.3) is 5.91 Å². The summed E-state index contributed by atoms with van der Waals surface area (Å²) in [6, 6.07) is 14.7. The normalized spacial score (nSPS) is 11.9. The van der Waals surface area contributed by atoms with Crippen LogP contribution in [0.2, 0.25) is 0 Å². The van der Waals surface area contributed by atoms with Gasteiger partial charge in [0.1, 0.15) is 0 Å². The number of amides is 1. The molecule has 0 fully saturated rings. The Labute approximate surface area is 115 Å². The zero-order valence-corrected chi connectivity index (χ0v) is 10.8. The summed E-state index contributed by atoms with van der Waals surface area (Å²) in [7, 11) is 0. The maximum absolute atomic E-state index is 11.9. The molecular weight excluding hydrogens is 258 g/mol. The van der Waals surface area contributed by atoms with E-state index in [0.29, 0.717) is 5.56 Å². The van der Waals surface area contributed by atoms with Crippen LogP contribution in [0.25, 0.3) is 0 Å². The van der Waals surface area contributed by atoms with E-state index in [4.69, 9.17) is 5.26 Å². The first-order valence-corrected chi connectivity index (χ1v) is 6.50. The van der Waals surface area contributed by atoms with Crippen molar-refractivity contribution >= 4 is 23.5 Å². The van der Waals surface area contributed by atoms with Gasteiger partial charge >= 0.3 is 0 Å². The molecule has 0 aliphatic rings. The predicted molar refractivity (Wildman–Crippen MR) is 74.9 cm³/mol. The standard InChI is InChI=1S/C14H11N3OS/c15-9-13(11-5-2-1-3-6-11)14(18)17-16-10-12-7-4-8-19-12/h1-8,10,13H,(H,17,18)/b16-10-/t13-/m0/s1. The largest absolute Gasteiger partial charge is 0.271 e. The highest BCUT2D eigenvalue weighted by molar-refractivity contribution is 7.11. The molecule has 2 aromatic rings. The first-order valence-electron chi connectivity index (χ1n) is 5.62. The summed E-state index contributed by atoms with van der Waals surface area (Å²) in [5.41, 5.74) is 3.05. The monoisotopic (exact) mass is 269 g/mol. The maximum atomic E-state index is 11.9. The Balaban J connectivity index is 2.01. The molecule has 1 N–H and O–H groups in total. The molecule has 0 spiro atoms. The third-order valence-electron chi connectivity index (χ3n) is 2.43. The van der Waals surface area contributed by atoms with Crippen LogP contribution in [0.15, 0.2) is 52.9 Å². The highest BCUT2D eigenvalue weighted by Gasteiger charge is 2.19. The average molecular weight is 269 g/mol. The lowest BCUT2D eigenvalue weighted by Gasteiger charge is -2.06. The van der Waals surface area contributed by atoms with Gasteiger partial charge in [-0.3, -0.25) is 4.79 Å². The van der Waals surface area contributed by atoms with Crippen molar-refractivity contribution in [3.8, 4) is 6.07 Å². The highest BCUT2D eigenvalue weighted by atomic mass is 32.1. The Kier molecular flexibility index (Phi) is 4.43. The van der Waals surface area contributed by atoms with E-state index in [2.05, 4.69) is 10.5 Å². The maximum Gasteiger partial charge on any atom is 0.261 e. The minimum absolute atomic E-state index is 0.429. The molecule has 1 atom stereocenters. The molecule has 0 aliphatic carbocycles. The van der Waals surface area contributed by atoms with Gasteiger partial charge in [-0.05, 0) is 17.0 Å². The first-order chi connectivity index (χ1) is 9.31. The van der Waals surface area contributed by atoms with Crippen molar-refractivity contribution in [1.82, 2.24) is 5.43 Å². The van der Waals surface area contributed by atoms with E-state index in [1.54, 1.807) is 30.5 Å². The second kappa shape index (κ2) is 6.47. The molecule has 0 aliphatic heterocycles. The van der Waals surface area contributed by atoms with Crippen LogP contribution in [0.1, 0.15) is 16.4 Å². The van der Waals surface area contributed by atoms with Crippen LogP contribution >= 0.6 is 11.3 Å². The number of rotatable bonds is 4. The van der Waals surface area contributed by atoms with Gasteiger partial charge in [-0.25, -0.2) is 5.43 Å². The molecule has 1 aromatic heterocycles. The quantitative estimate of drug-likeness (QED) is 0.684. The number of carbonyl (C=O) groups excluding carboxylic acids is 1. The van der Waals surface area contributed by atoms with Crippen LogP contribution in [0.4, 0.5) is 0 Å². The molecule has 94 valence electrons. The van der Waals surface area contributed by atoms with Gasteiger partial charge in [0, 0.05) is 4.88 Å². The number of nitrogens with zero attached hydrogens (tertiary/aromatic N) is 2. The van der Waals surface area contributed by atoms with Crippen molar-refractivity contribution in [3.63, 3.8) is 0 Å². The molecule has 2 rings (SSSR count). The third-order valence-corrected chi connectivity index (χ3v) is 3.24. The van der Waals surface area contributed by atoms with Crippen molar-refractivity contribution in [3.05, 3.63) is 58.3 Å². The summed E-state index contributed by atoms with van der Waals surface area (Å²) in [6.07, 6.45) is 1.56. The van der Waals surface area contributed by atoms with Crippen LogP contribution in [0, 0.1) is 11.3 Å². The molecule has 0 radical (unpaired) electrons. The Morgan fingerprint density at radius 2 is 2.11 bits per heavy atom. The van der Waals surface area contributed by atoms with E-state index < -0.39 is 11.8 Å². The Morgan fingerprint density at radius 1 is 1.32 bits per heavy atom. The average Bonchev–Trinajstić information content (AvgIpc) is 2.94. The SMILES string of the molecule is N#C[C@H](C(=O)N/N=C\c1cccs1)c1ccccc1. The summed E-state index contributed by atoms with van der Waals surface area (Å²) >= 11 is 1.52. The molecule has 5 heteroatoms. The van der Waals surface area contributed by atoms with E-state index in [0.717, 1.165) is 4.88 Å². The van der Waals surface area contributed by atoms with Crippen molar-refractivity contribution in [2.24, 2.45) is 5.10 Å². The van der Waals surface area contributed by atoms with Gasteiger partial charge in [-0.2, -0.15) is 10.4 Å². The molecule has 1 amide bonds. The van der Waals surface area contributed by atoms with Gasteiger partial charge < -0.3 is 0 Å². The summed E-state index contributed by atoms with van der Waals surface area (Å²) in [6.45, 7) is 0. The van der Waals surface area contributed by atoms with Crippen LogP contribution < -0.4 is 5.43 Å². The smallest absolute Gasteiger partial charge is 0.261 e. The van der Waals surface area contributed by atoms with E-state index in [-0.39, 0.29) is 0 Å². The van der Waals surface area contributed by atoms with E-state index in [1.165, 1.54) is 11.3 Å². The number of thiophene rings is 1. The van der Waals surface area contributed by atoms with Crippen molar-refractivity contribution in [2.75, 3.05) is 0 Å². The highest BCUT2D eigenvalue weighted by Crippen LogP contribution is 2.14. The van der Waals surface area contributed by atoms with Gasteiger partial charge in [-0.15, -0.1) is 11.3 Å². The Morgan fingerprint density at radius 3 is 2.74 bits per heavy atom. The Bertz CT molecular complexity index is 599. The molecule has 0 saturated heterocycles. The van der Waals surface area contributed by atoms with E-state index in [1.807, 2.05) is 29.6 Å². The number of benzene rings is 1. The zero-order chi connectivity index (χ0) is 13.5. The molecule has 19 heavy (non-hydrogen) atoms. The van der Waals surface area contributed by atoms with Crippen LogP contribution in [-0.4, -0.2) is 12.1 Å². The lowest BCUT2D eigenvalue weighted by atomic mass is 10.0. The fourth-order valence-corrected chi connectivity index (χ4v) is 2.10. The number of hydrogen-bond donors (Lipinski definition) is 1. The molecule has 1 heterocycles. The molecule has 0 saturated carbocycles. The molecule has 0 unspecified atom stereocenters. The lowest BCUT2D eigenvalue weighted by Crippen LogP contribution is -2.24. The van der Waals surface area contributed by atoms with Crippen molar-refractivity contribution in [2.45, 2.75) is 5.92 Å². The minimum atomic E-state index is -0.846. The second-order valence-electron chi connectivity index (χ2n) is 3.72. The van der Waals surface area contributed by atoms with Crippen LogP contribution in [0.5, 0.6) is 0 Å².